The van der Waals surface area contributed by atoms with Crippen LogP contribution in [0.5, 0.6) is 0 Å². The van der Waals surface area contributed by atoms with Gasteiger partial charge in [0.25, 0.3) is 0 Å². The summed E-state index contributed by atoms with van der Waals surface area (Å²) in [6.45, 7) is 1.95. The fourth-order valence-corrected chi connectivity index (χ4v) is 2.19. The number of carbonyl (C=O) groups is 1. The molecule has 1 rings (SSSR count). The van der Waals surface area contributed by atoms with E-state index in [2.05, 4.69) is 10.5 Å². The van der Waals surface area contributed by atoms with Crippen LogP contribution in [-0.2, 0) is 9.53 Å². The van der Waals surface area contributed by atoms with Gasteiger partial charge >= 0.3 is 0 Å². The number of amidine groups is 1. The summed E-state index contributed by atoms with van der Waals surface area (Å²) in [5.41, 5.74) is 5.18. The van der Waals surface area contributed by atoms with Gasteiger partial charge in [-0.3, -0.25) is 4.79 Å². The number of oxime groups is 1. The lowest BCUT2D eigenvalue weighted by atomic mass is 9.77. The fraction of sp³-hybridized carbons (Fsp3) is 0.833. The molecule has 0 aromatic heterocycles. The molecule has 4 N–H and O–H groups in total. The first-order chi connectivity index (χ1) is 8.55. The van der Waals surface area contributed by atoms with Crippen molar-refractivity contribution < 1.29 is 14.7 Å². The predicted molar refractivity (Wildman–Crippen MR) is 68.5 cm³/mol. The van der Waals surface area contributed by atoms with Crippen molar-refractivity contribution >= 4 is 11.7 Å². The van der Waals surface area contributed by atoms with Crippen LogP contribution in [0.4, 0.5) is 0 Å². The Bertz CT molecular complexity index is 308. The smallest absolute Gasteiger partial charge is 0.223 e. The first-order valence-corrected chi connectivity index (χ1v) is 6.36. The largest absolute Gasteiger partial charge is 0.409 e. The molecule has 0 aromatic carbocycles. The summed E-state index contributed by atoms with van der Waals surface area (Å²) in [5, 5.41) is 14.3. The zero-order valence-electron chi connectivity index (χ0n) is 11.1. The molecule has 1 aliphatic rings. The summed E-state index contributed by atoms with van der Waals surface area (Å²) < 4.78 is 5.41. The van der Waals surface area contributed by atoms with E-state index in [0.717, 1.165) is 25.7 Å². The molecule has 0 bridgehead atoms. The van der Waals surface area contributed by atoms with Gasteiger partial charge in [-0.05, 0) is 25.7 Å². The minimum absolute atomic E-state index is 0.0332. The maximum atomic E-state index is 11.9. The van der Waals surface area contributed by atoms with E-state index in [1.54, 1.807) is 7.11 Å². The van der Waals surface area contributed by atoms with E-state index in [0.29, 0.717) is 12.8 Å². The Hall–Kier alpha value is -1.30. The van der Waals surface area contributed by atoms with E-state index in [4.69, 9.17) is 15.7 Å². The van der Waals surface area contributed by atoms with Gasteiger partial charge in [0, 0.05) is 19.6 Å². The third kappa shape index (κ3) is 3.87. The molecule has 1 fully saturated rings. The topological polar surface area (TPSA) is 96.9 Å². The van der Waals surface area contributed by atoms with Crippen LogP contribution in [-0.4, -0.2) is 35.7 Å². The summed E-state index contributed by atoms with van der Waals surface area (Å²) in [7, 11) is 1.65. The summed E-state index contributed by atoms with van der Waals surface area (Å²) in [4.78, 5) is 11.9. The van der Waals surface area contributed by atoms with Gasteiger partial charge in [0.05, 0.1) is 12.0 Å². The van der Waals surface area contributed by atoms with Crippen LogP contribution in [0.1, 0.15) is 45.4 Å². The first kappa shape index (κ1) is 14.8. The van der Waals surface area contributed by atoms with Gasteiger partial charge in [0.1, 0.15) is 5.84 Å². The van der Waals surface area contributed by atoms with E-state index < -0.39 is 0 Å². The summed E-state index contributed by atoms with van der Waals surface area (Å²) >= 11 is 0. The zero-order chi connectivity index (χ0) is 13.6. The van der Waals surface area contributed by atoms with Crippen molar-refractivity contribution in [1.29, 1.82) is 0 Å². The van der Waals surface area contributed by atoms with E-state index in [1.807, 2.05) is 6.92 Å². The molecule has 0 heterocycles. The van der Waals surface area contributed by atoms with Crippen LogP contribution in [0, 0.1) is 0 Å². The van der Waals surface area contributed by atoms with Crippen LogP contribution in [0.3, 0.4) is 0 Å². The van der Waals surface area contributed by atoms with Crippen LogP contribution in [0.25, 0.3) is 0 Å². The Morgan fingerprint density at radius 1 is 1.61 bits per heavy atom. The lowest BCUT2D eigenvalue weighted by Crippen LogP contribution is -2.46. The average molecular weight is 257 g/mol. The van der Waals surface area contributed by atoms with Crippen LogP contribution in [0.15, 0.2) is 5.16 Å². The molecule has 1 amide bonds. The highest BCUT2D eigenvalue weighted by molar-refractivity contribution is 5.82. The summed E-state index contributed by atoms with van der Waals surface area (Å²) in [6, 6.07) is -0.0950. The van der Waals surface area contributed by atoms with Gasteiger partial charge in [0.2, 0.25) is 5.91 Å². The molecule has 104 valence electrons. The number of nitrogens with one attached hydrogen (secondary N) is 1. The van der Waals surface area contributed by atoms with Gasteiger partial charge in [-0.1, -0.05) is 12.1 Å². The van der Waals surface area contributed by atoms with Crippen molar-refractivity contribution in [3.05, 3.63) is 0 Å². The standard InChI is InChI=1S/C12H23N3O3/c1-3-9(7-10(13)15-17)14-11(16)8-12(18-2)5-4-6-12/h9,17H,3-8H2,1-2H3,(H2,13,15)(H,14,16). The number of rotatable bonds is 7. The normalized spacial score (nSPS) is 20.0. The van der Waals surface area contributed by atoms with Crippen molar-refractivity contribution in [2.24, 2.45) is 10.9 Å². The molecule has 1 atom stereocenters. The Morgan fingerprint density at radius 2 is 2.28 bits per heavy atom. The van der Waals surface area contributed by atoms with E-state index in [1.165, 1.54) is 0 Å². The molecule has 0 aromatic rings. The number of methoxy groups -OCH3 is 1. The van der Waals surface area contributed by atoms with Crippen molar-refractivity contribution in [1.82, 2.24) is 5.32 Å². The monoisotopic (exact) mass is 257 g/mol. The third-order valence-electron chi connectivity index (χ3n) is 3.62. The van der Waals surface area contributed by atoms with Crippen LogP contribution in [0.2, 0.25) is 0 Å². The van der Waals surface area contributed by atoms with Gasteiger partial charge in [-0.25, -0.2) is 0 Å². The molecule has 0 spiro atoms. The van der Waals surface area contributed by atoms with Gasteiger partial charge in [-0.2, -0.15) is 0 Å². The molecule has 6 heteroatoms. The number of ether oxygens (including phenoxy) is 1. The maximum Gasteiger partial charge on any atom is 0.223 e. The molecular formula is C12H23N3O3. The minimum Gasteiger partial charge on any atom is -0.409 e. The number of hydrogen-bond acceptors (Lipinski definition) is 4. The summed E-state index contributed by atoms with van der Waals surface area (Å²) in [5.74, 6) is 0.0985. The molecular weight excluding hydrogens is 234 g/mol. The number of carbonyl (C=O) groups excluding carboxylic acids is 1. The lowest BCUT2D eigenvalue weighted by Gasteiger charge is -2.40. The van der Waals surface area contributed by atoms with Crippen molar-refractivity contribution in [3.63, 3.8) is 0 Å². The number of nitrogens with two attached hydrogens (primary N) is 1. The van der Waals surface area contributed by atoms with Crippen molar-refractivity contribution in [2.75, 3.05) is 7.11 Å². The molecule has 0 aliphatic heterocycles. The quantitative estimate of drug-likeness (QED) is 0.274. The molecule has 1 unspecified atom stereocenters. The molecule has 1 aliphatic carbocycles. The Labute approximate surface area is 108 Å². The van der Waals surface area contributed by atoms with Crippen molar-refractivity contribution in [2.45, 2.75) is 57.1 Å². The molecule has 0 saturated heterocycles. The second kappa shape index (κ2) is 6.58. The van der Waals surface area contributed by atoms with Crippen LogP contribution < -0.4 is 11.1 Å². The minimum atomic E-state index is -0.265. The molecule has 18 heavy (non-hydrogen) atoms. The van der Waals surface area contributed by atoms with Crippen LogP contribution >= 0.6 is 0 Å². The average Bonchev–Trinajstić information content (AvgIpc) is 2.32. The first-order valence-electron chi connectivity index (χ1n) is 6.36. The predicted octanol–water partition coefficient (Wildman–Crippen LogP) is 0.977. The maximum absolute atomic E-state index is 11.9. The van der Waals surface area contributed by atoms with E-state index in [9.17, 15) is 4.79 Å². The third-order valence-corrected chi connectivity index (χ3v) is 3.62. The highest BCUT2D eigenvalue weighted by atomic mass is 16.5. The van der Waals surface area contributed by atoms with Gasteiger partial charge < -0.3 is 21.0 Å². The molecule has 0 radical (unpaired) electrons. The molecule has 6 nitrogen and oxygen atoms in total. The van der Waals surface area contributed by atoms with Gasteiger partial charge in [0.15, 0.2) is 0 Å². The second-order valence-corrected chi connectivity index (χ2v) is 4.89. The lowest BCUT2D eigenvalue weighted by molar-refractivity contribution is -0.134. The molecule has 1 saturated carbocycles. The number of amides is 1. The SMILES string of the molecule is CCC(CC(N)=NO)NC(=O)CC1(OC)CCC1. The highest BCUT2D eigenvalue weighted by Gasteiger charge is 2.39. The second-order valence-electron chi connectivity index (χ2n) is 4.89. The Morgan fingerprint density at radius 3 is 2.67 bits per heavy atom. The number of hydrogen-bond donors (Lipinski definition) is 3. The van der Waals surface area contributed by atoms with E-state index >= 15 is 0 Å². The summed E-state index contributed by atoms with van der Waals surface area (Å²) in [6.07, 6.45) is 4.47. The van der Waals surface area contributed by atoms with Gasteiger partial charge in [-0.15, -0.1) is 0 Å². The fourth-order valence-electron chi connectivity index (χ4n) is 2.19. The number of nitrogens with zero attached hydrogens (tertiary/aromatic N) is 1. The Kier molecular flexibility index (Phi) is 5.40. The highest BCUT2D eigenvalue weighted by Crippen LogP contribution is 2.37. The Balaban J connectivity index is 2.42. The van der Waals surface area contributed by atoms with Crippen molar-refractivity contribution in [3.8, 4) is 0 Å². The zero-order valence-corrected chi connectivity index (χ0v) is 11.1. The van der Waals surface area contributed by atoms with E-state index in [-0.39, 0.29) is 23.4 Å².